The van der Waals surface area contributed by atoms with Crippen molar-refractivity contribution in [3.8, 4) is 0 Å². The number of nitrogens with one attached hydrogen (secondary N) is 2. The van der Waals surface area contributed by atoms with E-state index in [0.717, 1.165) is 4.90 Å². The highest BCUT2D eigenvalue weighted by molar-refractivity contribution is 6.04. The van der Waals surface area contributed by atoms with E-state index >= 15 is 0 Å². The number of rotatable bonds is 4. The minimum Gasteiger partial charge on any atom is -0.481 e. The Balaban J connectivity index is 1.83. The molecule has 0 aromatic rings. The molecule has 3 N–H and O–H groups in total. The second-order valence-electron chi connectivity index (χ2n) is 4.38. The number of hydrogen-bond acceptors (Lipinski definition) is 4. The predicted molar refractivity (Wildman–Crippen MR) is 61.9 cm³/mol. The van der Waals surface area contributed by atoms with Crippen molar-refractivity contribution in [2.24, 2.45) is 5.92 Å². The van der Waals surface area contributed by atoms with Crippen molar-refractivity contribution >= 4 is 23.8 Å². The summed E-state index contributed by atoms with van der Waals surface area (Å²) in [5, 5.41) is 13.7. The molecule has 2 aliphatic rings. The maximum Gasteiger partial charge on any atom is 0.325 e. The average Bonchev–Trinajstić information content (AvgIpc) is 2.91. The fraction of sp³-hybridized carbons (Fsp3) is 0.455. The predicted octanol–water partition coefficient (Wildman–Crippen LogP) is -1.32. The molecule has 19 heavy (non-hydrogen) atoms. The van der Waals surface area contributed by atoms with Crippen molar-refractivity contribution in [1.82, 2.24) is 15.5 Å². The first-order chi connectivity index (χ1) is 8.97. The van der Waals surface area contributed by atoms with Gasteiger partial charge in [0.15, 0.2) is 0 Å². The highest BCUT2D eigenvalue weighted by atomic mass is 16.4. The Morgan fingerprint density at radius 2 is 2.16 bits per heavy atom. The molecule has 2 atom stereocenters. The van der Waals surface area contributed by atoms with Gasteiger partial charge in [-0.2, -0.15) is 0 Å². The molecule has 0 saturated carbocycles. The summed E-state index contributed by atoms with van der Waals surface area (Å²) in [6, 6.07) is -0.972. The van der Waals surface area contributed by atoms with Crippen LogP contribution in [0.2, 0.25) is 0 Å². The summed E-state index contributed by atoms with van der Waals surface area (Å²) < 4.78 is 0. The van der Waals surface area contributed by atoms with E-state index < -0.39 is 29.7 Å². The molecule has 2 unspecified atom stereocenters. The third kappa shape index (κ3) is 2.90. The maximum absolute atomic E-state index is 11.7. The monoisotopic (exact) mass is 267 g/mol. The highest BCUT2D eigenvalue weighted by Gasteiger charge is 2.31. The molecule has 8 nitrogen and oxygen atoms in total. The standard InChI is InChI=1S/C11H13N3O5/c15-8(5-14-9(16)4-12-11(14)19)13-7-2-1-6(3-7)10(17)18/h1-2,6-7H,3-5H2,(H,12,19)(H,13,15)(H,17,18). The normalized spacial score (nSPS) is 25.6. The van der Waals surface area contributed by atoms with Crippen molar-refractivity contribution in [1.29, 1.82) is 0 Å². The van der Waals surface area contributed by atoms with E-state index in [9.17, 15) is 19.2 Å². The number of urea groups is 1. The van der Waals surface area contributed by atoms with Crippen molar-refractivity contribution in [2.45, 2.75) is 12.5 Å². The second-order valence-corrected chi connectivity index (χ2v) is 4.38. The Kier molecular flexibility index (Phi) is 3.50. The van der Waals surface area contributed by atoms with Crippen LogP contribution in [0.5, 0.6) is 0 Å². The molecule has 102 valence electrons. The number of hydrogen-bond donors (Lipinski definition) is 3. The lowest BCUT2D eigenvalue weighted by Gasteiger charge is -2.15. The van der Waals surface area contributed by atoms with Gasteiger partial charge in [0.25, 0.3) is 5.91 Å². The van der Waals surface area contributed by atoms with Gasteiger partial charge in [0, 0.05) is 6.04 Å². The molecular weight excluding hydrogens is 254 g/mol. The summed E-state index contributed by atoms with van der Waals surface area (Å²) in [6.07, 6.45) is 3.39. The van der Waals surface area contributed by atoms with E-state index in [1.54, 1.807) is 6.08 Å². The number of carbonyl (C=O) groups is 4. The lowest BCUT2D eigenvalue weighted by molar-refractivity contribution is -0.140. The Morgan fingerprint density at radius 1 is 1.42 bits per heavy atom. The molecular formula is C11H13N3O5. The molecule has 0 aromatic heterocycles. The van der Waals surface area contributed by atoms with E-state index in [1.165, 1.54) is 6.08 Å². The van der Waals surface area contributed by atoms with Gasteiger partial charge in [-0.05, 0) is 6.42 Å². The van der Waals surface area contributed by atoms with Crippen LogP contribution in [0.3, 0.4) is 0 Å². The van der Waals surface area contributed by atoms with Crippen LogP contribution in [0.15, 0.2) is 12.2 Å². The molecule has 1 heterocycles. The third-order valence-corrected chi connectivity index (χ3v) is 2.99. The quantitative estimate of drug-likeness (QED) is 0.432. The van der Waals surface area contributed by atoms with Crippen molar-refractivity contribution in [3.63, 3.8) is 0 Å². The van der Waals surface area contributed by atoms with Gasteiger partial charge in [0.05, 0.1) is 12.5 Å². The molecule has 4 amide bonds. The molecule has 1 aliphatic carbocycles. The Hall–Kier alpha value is -2.38. The van der Waals surface area contributed by atoms with E-state index in [4.69, 9.17) is 5.11 Å². The van der Waals surface area contributed by atoms with Crippen molar-refractivity contribution in [2.75, 3.05) is 13.1 Å². The highest BCUT2D eigenvalue weighted by Crippen LogP contribution is 2.17. The van der Waals surface area contributed by atoms with Crippen LogP contribution in [0, 0.1) is 5.92 Å². The smallest absolute Gasteiger partial charge is 0.325 e. The fourth-order valence-electron chi connectivity index (χ4n) is 2.00. The van der Waals surface area contributed by atoms with Crippen LogP contribution in [-0.4, -0.2) is 53.0 Å². The lowest BCUT2D eigenvalue weighted by Crippen LogP contribution is -2.43. The van der Waals surface area contributed by atoms with Crippen molar-refractivity contribution in [3.05, 3.63) is 12.2 Å². The van der Waals surface area contributed by atoms with Crippen LogP contribution in [0.1, 0.15) is 6.42 Å². The lowest BCUT2D eigenvalue weighted by atomic mass is 10.1. The molecule has 0 aromatic carbocycles. The number of carboxylic acid groups (broad SMARTS) is 1. The molecule has 1 fully saturated rings. The number of imide groups is 1. The SMILES string of the molecule is O=C(CN1C(=O)CNC1=O)NC1C=CC(C(=O)O)C1. The number of carboxylic acids is 1. The van der Waals surface area contributed by atoms with Crippen molar-refractivity contribution < 1.29 is 24.3 Å². The van der Waals surface area contributed by atoms with E-state index in [0.29, 0.717) is 0 Å². The number of nitrogens with zero attached hydrogens (tertiary/aromatic N) is 1. The average molecular weight is 267 g/mol. The molecule has 0 spiro atoms. The van der Waals surface area contributed by atoms with Crippen LogP contribution in [0.4, 0.5) is 4.79 Å². The summed E-state index contributed by atoms with van der Waals surface area (Å²) in [4.78, 5) is 45.7. The summed E-state index contributed by atoms with van der Waals surface area (Å²) in [7, 11) is 0. The maximum atomic E-state index is 11.7. The second kappa shape index (κ2) is 5.09. The summed E-state index contributed by atoms with van der Waals surface area (Å²) in [5.41, 5.74) is 0. The van der Waals surface area contributed by atoms with Gasteiger partial charge < -0.3 is 15.7 Å². The van der Waals surface area contributed by atoms with Crippen LogP contribution in [0.25, 0.3) is 0 Å². The zero-order chi connectivity index (χ0) is 14.0. The first kappa shape index (κ1) is 13.1. The molecule has 0 radical (unpaired) electrons. The molecule has 1 aliphatic heterocycles. The Bertz CT molecular complexity index is 457. The van der Waals surface area contributed by atoms with Gasteiger partial charge in [-0.3, -0.25) is 19.3 Å². The molecule has 8 heteroatoms. The van der Waals surface area contributed by atoms with Crippen LogP contribution in [-0.2, 0) is 14.4 Å². The Morgan fingerprint density at radius 3 is 2.68 bits per heavy atom. The third-order valence-electron chi connectivity index (χ3n) is 2.99. The number of amides is 4. The van der Waals surface area contributed by atoms with Gasteiger partial charge in [-0.1, -0.05) is 12.2 Å². The summed E-state index contributed by atoms with van der Waals surface area (Å²) in [6.45, 7) is -0.455. The van der Waals surface area contributed by atoms with Gasteiger partial charge in [-0.15, -0.1) is 0 Å². The molecule has 1 saturated heterocycles. The zero-order valence-corrected chi connectivity index (χ0v) is 9.96. The number of carbonyl (C=O) groups excluding carboxylic acids is 3. The van der Waals surface area contributed by atoms with Gasteiger partial charge in [0.2, 0.25) is 5.91 Å². The molecule has 2 rings (SSSR count). The topological polar surface area (TPSA) is 116 Å². The summed E-state index contributed by atoms with van der Waals surface area (Å²) in [5.74, 6) is -2.50. The van der Waals surface area contributed by atoms with E-state index in [1.807, 2.05) is 0 Å². The molecule has 0 bridgehead atoms. The minimum atomic E-state index is -0.943. The van der Waals surface area contributed by atoms with E-state index in [-0.39, 0.29) is 25.6 Å². The van der Waals surface area contributed by atoms with Crippen LogP contribution >= 0.6 is 0 Å². The zero-order valence-electron chi connectivity index (χ0n) is 9.96. The van der Waals surface area contributed by atoms with Gasteiger partial charge >= 0.3 is 12.0 Å². The number of aliphatic carboxylic acids is 1. The minimum absolute atomic E-state index is 0.101. The first-order valence-corrected chi connectivity index (χ1v) is 5.76. The van der Waals surface area contributed by atoms with Gasteiger partial charge in [-0.25, -0.2) is 4.79 Å². The van der Waals surface area contributed by atoms with E-state index in [2.05, 4.69) is 10.6 Å². The Labute approximate surface area is 108 Å². The largest absolute Gasteiger partial charge is 0.481 e. The van der Waals surface area contributed by atoms with Crippen LogP contribution < -0.4 is 10.6 Å². The first-order valence-electron chi connectivity index (χ1n) is 5.76. The summed E-state index contributed by atoms with van der Waals surface area (Å²) >= 11 is 0. The van der Waals surface area contributed by atoms with Gasteiger partial charge in [0.1, 0.15) is 6.54 Å². The fourth-order valence-corrected chi connectivity index (χ4v) is 2.00.